The van der Waals surface area contributed by atoms with Crippen LogP contribution in [0.4, 0.5) is 8.78 Å². The average Bonchev–Trinajstić information content (AvgIpc) is 2.56. The van der Waals surface area contributed by atoms with Gasteiger partial charge in [-0.15, -0.1) is 22.9 Å². The van der Waals surface area contributed by atoms with E-state index in [-0.39, 0.29) is 16.1 Å². The summed E-state index contributed by atoms with van der Waals surface area (Å²) >= 11 is 6.59. The molecule has 2 rings (SSSR count). The van der Waals surface area contributed by atoms with Crippen molar-refractivity contribution in [2.75, 3.05) is 0 Å². The largest absolute Gasteiger partial charge is 0.237 e. The van der Waals surface area contributed by atoms with Crippen molar-refractivity contribution in [1.82, 2.24) is 4.98 Å². The molecule has 0 aliphatic carbocycles. The van der Waals surface area contributed by atoms with E-state index >= 15 is 0 Å². The minimum atomic E-state index is -0.510. The lowest BCUT2D eigenvalue weighted by molar-refractivity contribution is 0.617. The number of thiazole rings is 1. The normalized spacial score (nSPS) is 11.0. The lowest BCUT2D eigenvalue weighted by atomic mass is 10.3. The highest BCUT2D eigenvalue weighted by molar-refractivity contribution is 7.18. The van der Waals surface area contributed by atoms with Crippen LogP contribution < -0.4 is 0 Å². The highest BCUT2D eigenvalue weighted by atomic mass is 35.5. The zero-order valence-corrected chi connectivity index (χ0v) is 7.92. The Bertz CT molecular complexity index is 416. The molecule has 0 aliphatic rings. The smallest absolute Gasteiger partial charge is 0.150 e. The van der Waals surface area contributed by atoms with Gasteiger partial charge in [0.1, 0.15) is 16.3 Å². The molecule has 13 heavy (non-hydrogen) atoms. The van der Waals surface area contributed by atoms with Crippen LogP contribution >= 0.6 is 22.9 Å². The monoisotopic (exact) mass is 219 g/mol. The lowest BCUT2D eigenvalue weighted by Crippen LogP contribution is -1.81. The van der Waals surface area contributed by atoms with Gasteiger partial charge in [0.05, 0.1) is 10.6 Å². The number of aromatic nitrogens is 1. The van der Waals surface area contributed by atoms with Crippen LogP contribution in [0.5, 0.6) is 0 Å². The Morgan fingerprint density at radius 2 is 2.00 bits per heavy atom. The summed E-state index contributed by atoms with van der Waals surface area (Å²) in [6.45, 7) is 0. The maximum absolute atomic E-state index is 13.1. The van der Waals surface area contributed by atoms with Crippen molar-refractivity contribution < 1.29 is 8.78 Å². The van der Waals surface area contributed by atoms with Gasteiger partial charge in [-0.3, -0.25) is 0 Å². The lowest BCUT2D eigenvalue weighted by Gasteiger charge is -1.90. The van der Waals surface area contributed by atoms with Crippen molar-refractivity contribution in [3.63, 3.8) is 0 Å². The average molecular weight is 220 g/mol. The second-order valence-corrected chi connectivity index (χ2v) is 3.80. The summed E-state index contributed by atoms with van der Waals surface area (Å²) < 4.78 is 26.4. The molecule has 0 bridgehead atoms. The minimum Gasteiger partial charge on any atom is -0.237 e. The Morgan fingerprint density at radius 1 is 1.31 bits per heavy atom. The van der Waals surface area contributed by atoms with E-state index in [1.54, 1.807) is 0 Å². The van der Waals surface area contributed by atoms with E-state index in [2.05, 4.69) is 4.98 Å². The van der Waals surface area contributed by atoms with E-state index in [1.807, 2.05) is 0 Å². The van der Waals surface area contributed by atoms with Gasteiger partial charge in [-0.25, -0.2) is 13.8 Å². The van der Waals surface area contributed by atoms with E-state index in [0.717, 1.165) is 23.5 Å². The standard InChI is InChI=1S/C8H4ClF2NS/c9-3-6-12-7-4(10)1-2-5(11)8(7)13-6/h1-2H,3H2. The molecule has 2 aromatic rings. The summed E-state index contributed by atoms with van der Waals surface area (Å²) in [7, 11) is 0. The van der Waals surface area contributed by atoms with Crippen molar-refractivity contribution in [1.29, 1.82) is 0 Å². The van der Waals surface area contributed by atoms with Gasteiger partial charge < -0.3 is 0 Å². The summed E-state index contributed by atoms with van der Waals surface area (Å²) in [5, 5.41) is 0.528. The van der Waals surface area contributed by atoms with Gasteiger partial charge in [0.15, 0.2) is 5.82 Å². The van der Waals surface area contributed by atoms with Crippen molar-refractivity contribution in [2.45, 2.75) is 5.88 Å². The van der Waals surface area contributed by atoms with Gasteiger partial charge in [0.25, 0.3) is 0 Å². The van der Waals surface area contributed by atoms with E-state index in [9.17, 15) is 8.78 Å². The quantitative estimate of drug-likeness (QED) is 0.671. The fourth-order valence-electron chi connectivity index (χ4n) is 1.05. The topological polar surface area (TPSA) is 12.9 Å². The van der Waals surface area contributed by atoms with E-state index in [1.165, 1.54) is 0 Å². The maximum Gasteiger partial charge on any atom is 0.150 e. The van der Waals surface area contributed by atoms with Crippen LogP contribution in [0.25, 0.3) is 10.2 Å². The molecule has 0 unspecified atom stereocenters. The molecule has 0 spiro atoms. The highest BCUT2D eigenvalue weighted by Crippen LogP contribution is 2.27. The highest BCUT2D eigenvalue weighted by Gasteiger charge is 2.11. The first kappa shape index (κ1) is 8.84. The number of hydrogen-bond acceptors (Lipinski definition) is 2. The Balaban J connectivity index is 2.80. The van der Waals surface area contributed by atoms with Gasteiger partial charge in [-0.1, -0.05) is 0 Å². The molecule has 5 heteroatoms. The third-order valence-corrected chi connectivity index (χ3v) is 3.08. The molecule has 1 aromatic carbocycles. The number of fused-ring (bicyclic) bond motifs is 1. The van der Waals surface area contributed by atoms with Crippen molar-refractivity contribution in [3.8, 4) is 0 Å². The Kier molecular flexibility index (Phi) is 2.17. The van der Waals surface area contributed by atoms with Crippen LogP contribution in [0.15, 0.2) is 12.1 Å². The van der Waals surface area contributed by atoms with E-state index in [4.69, 9.17) is 11.6 Å². The summed E-state index contributed by atoms with van der Waals surface area (Å²) in [6, 6.07) is 2.16. The van der Waals surface area contributed by atoms with Crippen LogP contribution in [-0.4, -0.2) is 4.98 Å². The van der Waals surface area contributed by atoms with Gasteiger partial charge in [-0.2, -0.15) is 0 Å². The zero-order valence-electron chi connectivity index (χ0n) is 6.35. The molecule has 0 N–H and O–H groups in total. The van der Waals surface area contributed by atoms with Gasteiger partial charge in [-0.05, 0) is 12.1 Å². The maximum atomic E-state index is 13.1. The Hall–Kier alpha value is -0.740. The molecule has 1 aromatic heterocycles. The second kappa shape index (κ2) is 3.20. The Labute approximate surface area is 82.0 Å². The number of halogens is 3. The zero-order chi connectivity index (χ0) is 9.42. The molecule has 0 aliphatic heterocycles. The fourth-order valence-corrected chi connectivity index (χ4v) is 2.10. The first-order valence-corrected chi connectivity index (χ1v) is 4.87. The molecule has 0 saturated heterocycles. The molecule has 0 radical (unpaired) electrons. The first-order valence-electron chi connectivity index (χ1n) is 3.51. The molecule has 1 heterocycles. The predicted octanol–water partition coefficient (Wildman–Crippen LogP) is 3.31. The molecule has 0 atom stereocenters. The number of alkyl halides is 1. The number of benzene rings is 1. The summed E-state index contributed by atoms with van der Waals surface area (Å²) in [4.78, 5) is 3.86. The molecule has 0 saturated carbocycles. The predicted molar refractivity (Wildman–Crippen MR) is 49.1 cm³/mol. The van der Waals surface area contributed by atoms with E-state index < -0.39 is 11.6 Å². The summed E-state index contributed by atoms with van der Waals surface area (Å²) in [5.74, 6) is -0.785. The van der Waals surface area contributed by atoms with Crippen molar-refractivity contribution >= 4 is 33.2 Å². The minimum absolute atomic E-state index is 0.0700. The number of nitrogens with zero attached hydrogens (tertiary/aromatic N) is 1. The fraction of sp³-hybridized carbons (Fsp3) is 0.125. The molecule has 68 valence electrons. The van der Waals surface area contributed by atoms with E-state index in [0.29, 0.717) is 5.01 Å². The van der Waals surface area contributed by atoms with Crippen LogP contribution in [-0.2, 0) is 5.88 Å². The summed E-state index contributed by atoms with van der Waals surface area (Å²) in [5.41, 5.74) is 0.0700. The molecular weight excluding hydrogens is 216 g/mol. The first-order chi connectivity index (χ1) is 6.22. The summed E-state index contributed by atoms with van der Waals surface area (Å²) in [6.07, 6.45) is 0. The SMILES string of the molecule is Fc1ccc(F)c2sc(CCl)nc12. The number of hydrogen-bond donors (Lipinski definition) is 0. The van der Waals surface area contributed by atoms with Gasteiger partial charge in [0, 0.05) is 0 Å². The van der Waals surface area contributed by atoms with Crippen molar-refractivity contribution in [2.24, 2.45) is 0 Å². The van der Waals surface area contributed by atoms with Crippen molar-refractivity contribution in [3.05, 3.63) is 28.8 Å². The number of rotatable bonds is 1. The molecular formula is C8H4ClF2NS. The van der Waals surface area contributed by atoms with Crippen LogP contribution in [0.3, 0.4) is 0 Å². The van der Waals surface area contributed by atoms with Crippen LogP contribution in [0.1, 0.15) is 5.01 Å². The van der Waals surface area contributed by atoms with Crippen LogP contribution in [0, 0.1) is 11.6 Å². The van der Waals surface area contributed by atoms with Crippen LogP contribution in [0.2, 0.25) is 0 Å². The molecule has 0 fully saturated rings. The third kappa shape index (κ3) is 1.40. The van der Waals surface area contributed by atoms with Gasteiger partial charge >= 0.3 is 0 Å². The van der Waals surface area contributed by atoms with Gasteiger partial charge in [0.2, 0.25) is 0 Å². The molecule has 1 nitrogen and oxygen atoms in total. The Morgan fingerprint density at radius 3 is 2.62 bits per heavy atom. The second-order valence-electron chi connectivity index (χ2n) is 2.45. The molecule has 0 amide bonds. The third-order valence-electron chi connectivity index (χ3n) is 1.60.